The summed E-state index contributed by atoms with van der Waals surface area (Å²) in [7, 11) is 0. The number of aromatic nitrogens is 2. The molecule has 1 rings (SSSR count). The molecular formula is C8H12N2Sn. The number of unbranched alkanes of at least 4 members (excludes halogenated alkanes) is 1. The Morgan fingerprint density at radius 2 is 2.36 bits per heavy atom. The fourth-order valence-electron chi connectivity index (χ4n) is 0.784. The number of nitrogens with zero attached hydrogens (tertiary/aromatic N) is 2. The van der Waals surface area contributed by atoms with Gasteiger partial charge in [-0.2, -0.15) is 0 Å². The summed E-state index contributed by atoms with van der Waals surface area (Å²) >= 11 is -0.357. The number of hydrogen-bond acceptors (Lipinski definition) is 2. The molecule has 0 fully saturated rings. The summed E-state index contributed by atoms with van der Waals surface area (Å²) < 4.78 is 2.68. The standard InChI is InChI=1S/C4H3N2.C4H9.Sn/c1-2-6-4-3-5-1;1-3-4-2;/h1-3H;1,3-4H2,2H3;. The molecule has 0 aliphatic rings. The third kappa shape index (κ3) is 3.70. The summed E-state index contributed by atoms with van der Waals surface area (Å²) in [4.78, 5) is 8.31. The van der Waals surface area contributed by atoms with E-state index < -0.39 is 0 Å². The molecule has 2 nitrogen and oxygen atoms in total. The summed E-state index contributed by atoms with van der Waals surface area (Å²) in [6.45, 7) is 2.23. The fourth-order valence-corrected chi connectivity index (χ4v) is 3.97. The van der Waals surface area contributed by atoms with Gasteiger partial charge in [-0.25, -0.2) is 0 Å². The van der Waals surface area contributed by atoms with Gasteiger partial charge in [0.1, 0.15) is 0 Å². The third-order valence-corrected chi connectivity index (χ3v) is 4.89. The zero-order valence-electron chi connectivity index (χ0n) is 6.75. The molecular weight excluding hydrogens is 243 g/mol. The summed E-state index contributed by atoms with van der Waals surface area (Å²) in [6.07, 6.45) is 8.12. The Hall–Kier alpha value is -0.121. The normalized spacial score (nSPS) is 9.91. The van der Waals surface area contributed by atoms with E-state index in [1.807, 2.05) is 6.20 Å². The van der Waals surface area contributed by atoms with E-state index in [9.17, 15) is 0 Å². The molecule has 0 N–H and O–H groups in total. The second-order valence-electron chi connectivity index (χ2n) is 2.37. The monoisotopic (exact) mass is 256 g/mol. The molecule has 11 heavy (non-hydrogen) atoms. The van der Waals surface area contributed by atoms with E-state index in [0.29, 0.717) is 0 Å². The van der Waals surface area contributed by atoms with Crippen molar-refractivity contribution < 1.29 is 0 Å². The van der Waals surface area contributed by atoms with Crippen LogP contribution in [0, 0.1) is 0 Å². The summed E-state index contributed by atoms with van der Waals surface area (Å²) in [6, 6.07) is 0. The third-order valence-electron chi connectivity index (χ3n) is 1.40. The van der Waals surface area contributed by atoms with Gasteiger partial charge >= 0.3 is 77.6 Å². The van der Waals surface area contributed by atoms with E-state index in [4.69, 9.17) is 0 Å². The Labute approximate surface area is 77.7 Å². The predicted molar refractivity (Wildman–Crippen MR) is 47.1 cm³/mol. The maximum atomic E-state index is 4.26. The Bertz CT molecular complexity index is 189. The molecule has 0 bridgehead atoms. The maximum absolute atomic E-state index is 4.26. The predicted octanol–water partition coefficient (Wildman–Crippen LogP) is 1.02. The Balaban J connectivity index is 2.28. The number of rotatable bonds is 4. The van der Waals surface area contributed by atoms with Gasteiger partial charge in [-0.15, -0.1) is 0 Å². The van der Waals surface area contributed by atoms with E-state index in [2.05, 4.69) is 16.9 Å². The van der Waals surface area contributed by atoms with Gasteiger partial charge < -0.3 is 0 Å². The van der Waals surface area contributed by atoms with Crippen LogP contribution in [0.1, 0.15) is 19.8 Å². The second-order valence-corrected chi connectivity index (χ2v) is 6.27. The van der Waals surface area contributed by atoms with Gasteiger partial charge in [-0.1, -0.05) is 0 Å². The second kappa shape index (κ2) is 5.52. The molecule has 0 saturated carbocycles. The molecule has 0 spiro atoms. The number of hydrogen-bond donors (Lipinski definition) is 0. The molecule has 0 atom stereocenters. The van der Waals surface area contributed by atoms with Crippen LogP contribution in [-0.2, 0) is 0 Å². The molecule has 58 valence electrons. The van der Waals surface area contributed by atoms with Crippen LogP contribution in [0.15, 0.2) is 18.6 Å². The Morgan fingerprint density at radius 3 is 3.00 bits per heavy atom. The van der Waals surface area contributed by atoms with Crippen molar-refractivity contribution in [3.63, 3.8) is 0 Å². The molecule has 0 aliphatic heterocycles. The van der Waals surface area contributed by atoms with Crippen LogP contribution in [0.2, 0.25) is 4.44 Å². The average Bonchev–Trinajstić information content (AvgIpc) is 2.07. The van der Waals surface area contributed by atoms with Gasteiger partial charge in [0.05, 0.1) is 0 Å². The van der Waals surface area contributed by atoms with Gasteiger partial charge in [0, 0.05) is 0 Å². The van der Waals surface area contributed by atoms with Crippen LogP contribution in [0.3, 0.4) is 0 Å². The molecule has 1 aromatic heterocycles. The SMILES string of the molecule is CCC[CH2][Sn][c]1cnccn1. The van der Waals surface area contributed by atoms with E-state index >= 15 is 0 Å². The topological polar surface area (TPSA) is 25.8 Å². The van der Waals surface area contributed by atoms with Crippen molar-refractivity contribution in [2.45, 2.75) is 24.2 Å². The fraction of sp³-hybridized carbons (Fsp3) is 0.500. The molecule has 0 saturated heterocycles. The van der Waals surface area contributed by atoms with Crippen LogP contribution in [0.4, 0.5) is 0 Å². The van der Waals surface area contributed by atoms with Crippen LogP contribution >= 0.6 is 0 Å². The summed E-state index contributed by atoms with van der Waals surface area (Å²) in [5.41, 5.74) is 0. The molecule has 1 aromatic rings. The van der Waals surface area contributed by atoms with E-state index in [1.165, 1.54) is 21.0 Å². The van der Waals surface area contributed by atoms with Crippen molar-refractivity contribution in [1.29, 1.82) is 0 Å². The van der Waals surface area contributed by atoms with Crippen LogP contribution < -0.4 is 3.71 Å². The first-order valence-electron chi connectivity index (χ1n) is 3.93. The Morgan fingerprint density at radius 1 is 1.45 bits per heavy atom. The van der Waals surface area contributed by atoms with E-state index in [0.717, 1.165) is 0 Å². The van der Waals surface area contributed by atoms with Crippen LogP contribution in [-0.4, -0.2) is 31.1 Å². The van der Waals surface area contributed by atoms with Crippen molar-refractivity contribution in [2.24, 2.45) is 0 Å². The van der Waals surface area contributed by atoms with Gasteiger partial charge in [0.15, 0.2) is 0 Å². The van der Waals surface area contributed by atoms with Gasteiger partial charge in [-0.05, 0) is 0 Å². The quantitative estimate of drug-likeness (QED) is 0.593. The molecule has 3 heteroatoms. The zero-order valence-corrected chi connectivity index (χ0v) is 9.60. The van der Waals surface area contributed by atoms with Gasteiger partial charge in [0.2, 0.25) is 0 Å². The molecule has 0 amide bonds. The van der Waals surface area contributed by atoms with Gasteiger partial charge in [-0.3, -0.25) is 0 Å². The van der Waals surface area contributed by atoms with E-state index in [1.54, 1.807) is 12.4 Å². The molecule has 0 unspecified atom stereocenters. The zero-order chi connectivity index (χ0) is 7.94. The first kappa shape index (κ1) is 8.97. The Kier molecular flexibility index (Phi) is 4.50. The summed E-state index contributed by atoms with van der Waals surface area (Å²) in [5.74, 6) is 0. The van der Waals surface area contributed by atoms with Crippen molar-refractivity contribution in [3.05, 3.63) is 18.6 Å². The average molecular weight is 255 g/mol. The van der Waals surface area contributed by atoms with Crippen molar-refractivity contribution in [2.75, 3.05) is 0 Å². The van der Waals surface area contributed by atoms with Crippen LogP contribution in [0.25, 0.3) is 0 Å². The molecule has 2 radical (unpaired) electrons. The van der Waals surface area contributed by atoms with Crippen molar-refractivity contribution >= 4 is 24.9 Å². The molecule has 0 aliphatic carbocycles. The minimum atomic E-state index is -0.357. The summed E-state index contributed by atoms with van der Waals surface area (Å²) in [5, 5.41) is 0. The van der Waals surface area contributed by atoms with E-state index in [-0.39, 0.29) is 21.1 Å². The van der Waals surface area contributed by atoms with Crippen molar-refractivity contribution in [3.8, 4) is 0 Å². The molecule has 0 aromatic carbocycles. The molecule has 1 heterocycles. The van der Waals surface area contributed by atoms with Crippen LogP contribution in [0.5, 0.6) is 0 Å². The minimum absolute atomic E-state index is 0.357. The first-order chi connectivity index (χ1) is 5.43. The first-order valence-corrected chi connectivity index (χ1v) is 7.38. The van der Waals surface area contributed by atoms with Crippen molar-refractivity contribution in [1.82, 2.24) is 9.97 Å². The van der Waals surface area contributed by atoms with Gasteiger partial charge in [0.25, 0.3) is 0 Å².